The summed E-state index contributed by atoms with van der Waals surface area (Å²) in [6.07, 6.45) is 6.22. The monoisotopic (exact) mass is 561 g/mol. The lowest BCUT2D eigenvalue weighted by atomic mass is 9.87. The van der Waals surface area contributed by atoms with E-state index in [0.29, 0.717) is 16.3 Å². The minimum absolute atomic E-state index is 0.0817. The van der Waals surface area contributed by atoms with Gasteiger partial charge in [-0.15, -0.1) is 0 Å². The second kappa shape index (κ2) is 12.5. The number of hydrogen-bond donors (Lipinski definition) is 1. The SMILES string of the molecule is CC(C(=O)NC1CCCCC1)N(Cc1ccccc1Cl)C(=O)CN(c1ccc(C(C)(C)C)cc1)S(C)(=O)=O. The number of halogens is 1. The number of rotatable bonds is 9. The molecule has 0 heterocycles. The first-order valence-corrected chi connectivity index (χ1v) is 15.4. The summed E-state index contributed by atoms with van der Waals surface area (Å²) in [5.41, 5.74) is 2.03. The third-order valence-electron chi connectivity index (χ3n) is 7.12. The number of amides is 2. The summed E-state index contributed by atoms with van der Waals surface area (Å²) in [7, 11) is -3.79. The summed E-state index contributed by atoms with van der Waals surface area (Å²) < 4.78 is 26.7. The Morgan fingerprint density at radius 1 is 1.03 bits per heavy atom. The zero-order valence-corrected chi connectivity index (χ0v) is 24.6. The summed E-state index contributed by atoms with van der Waals surface area (Å²) in [6.45, 7) is 7.55. The van der Waals surface area contributed by atoms with Crippen molar-refractivity contribution in [2.75, 3.05) is 17.1 Å². The molecule has 1 saturated carbocycles. The molecular formula is C29H40ClN3O4S. The molecule has 208 valence electrons. The first-order chi connectivity index (χ1) is 17.8. The van der Waals surface area contributed by atoms with Crippen LogP contribution in [0.1, 0.15) is 70.9 Å². The smallest absolute Gasteiger partial charge is 0.244 e. The Labute approximate surface area is 232 Å². The summed E-state index contributed by atoms with van der Waals surface area (Å²) >= 11 is 6.39. The summed E-state index contributed by atoms with van der Waals surface area (Å²) in [5, 5.41) is 3.57. The molecule has 2 aromatic rings. The average Bonchev–Trinajstić information content (AvgIpc) is 2.85. The zero-order valence-electron chi connectivity index (χ0n) is 23.0. The van der Waals surface area contributed by atoms with Crippen LogP contribution in [-0.2, 0) is 31.6 Å². The van der Waals surface area contributed by atoms with Crippen LogP contribution < -0.4 is 9.62 Å². The Balaban J connectivity index is 1.89. The van der Waals surface area contributed by atoms with Gasteiger partial charge in [-0.1, -0.05) is 82.0 Å². The maximum absolute atomic E-state index is 13.8. The lowest BCUT2D eigenvalue weighted by Gasteiger charge is -2.33. The molecule has 0 radical (unpaired) electrons. The van der Waals surface area contributed by atoms with Gasteiger partial charge in [-0.05, 0) is 54.5 Å². The van der Waals surface area contributed by atoms with Crippen molar-refractivity contribution in [2.24, 2.45) is 0 Å². The van der Waals surface area contributed by atoms with Gasteiger partial charge in [0.15, 0.2) is 0 Å². The molecule has 38 heavy (non-hydrogen) atoms. The molecule has 3 rings (SSSR count). The lowest BCUT2D eigenvalue weighted by molar-refractivity contribution is -0.139. The van der Waals surface area contributed by atoms with Crippen molar-refractivity contribution >= 4 is 39.1 Å². The standard InChI is InChI=1S/C29H40ClN3O4S/c1-21(28(35)31-24-12-7-6-8-13-24)32(19-22-11-9-10-14-26(22)30)27(34)20-33(38(5,36)37)25-17-15-23(16-18-25)29(2,3)4/h9-11,14-18,21,24H,6-8,12-13,19-20H2,1-5H3,(H,31,35). The van der Waals surface area contributed by atoms with Gasteiger partial charge in [-0.3, -0.25) is 13.9 Å². The van der Waals surface area contributed by atoms with Crippen molar-refractivity contribution in [3.63, 3.8) is 0 Å². The molecule has 1 aliphatic carbocycles. The van der Waals surface area contributed by atoms with Gasteiger partial charge in [0.2, 0.25) is 21.8 Å². The summed E-state index contributed by atoms with van der Waals surface area (Å²) in [6, 6.07) is 13.6. The molecule has 1 fully saturated rings. The van der Waals surface area contributed by atoms with E-state index in [1.165, 1.54) is 4.90 Å². The van der Waals surface area contributed by atoms with Gasteiger partial charge < -0.3 is 10.2 Å². The van der Waals surface area contributed by atoms with Crippen molar-refractivity contribution in [1.82, 2.24) is 10.2 Å². The fourth-order valence-electron chi connectivity index (χ4n) is 4.70. The number of anilines is 1. The second-order valence-corrected chi connectivity index (χ2v) is 13.5. The maximum Gasteiger partial charge on any atom is 0.244 e. The Morgan fingerprint density at radius 3 is 2.18 bits per heavy atom. The molecule has 1 N–H and O–H groups in total. The minimum atomic E-state index is -3.79. The Kier molecular flexibility index (Phi) is 9.87. The van der Waals surface area contributed by atoms with Crippen LogP contribution in [0.3, 0.4) is 0 Å². The first-order valence-electron chi connectivity index (χ1n) is 13.2. The molecule has 1 atom stereocenters. The molecule has 0 saturated heterocycles. The van der Waals surface area contributed by atoms with Crippen molar-refractivity contribution < 1.29 is 18.0 Å². The Bertz CT molecular complexity index is 1220. The fourth-order valence-corrected chi connectivity index (χ4v) is 5.75. The van der Waals surface area contributed by atoms with Gasteiger partial charge in [0, 0.05) is 17.6 Å². The molecule has 9 heteroatoms. The zero-order chi connectivity index (χ0) is 28.1. The van der Waals surface area contributed by atoms with Crippen LogP contribution in [0.2, 0.25) is 5.02 Å². The predicted octanol–water partition coefficient (Wildman–Crippen LogP) is 5.27. The van der Waals surface area contributed by atoms with E-state index in [1.54, 1.807) is 37.3 Å². The normalized spacial score (nSPS) is 15.5. The molecule has 0 aliphatic heterocycles. The summed E-state index contributed by atoms with van der Waals surface area (Å²) in [4.78, 5) is 28.4. The van der Waals surface area contributed by atoms with E-state index in [0.717, 1.165) is 48.2 Å². The van der Waals surface area contributed by atoms with Gasteiger partial charge in [-0.25, -0.2) is 8.42 Å². The topological polar surface area (TPSA) is 86.8 Å². The number of hydrogen-bond acceptors (Lipinski definition) is 4. The minimum Gasteiger partial charge on any atom is -0.352 e. The number of nitrogens with one attached hydrogen (secondary N) is 1. The van der Waals surface area contributed by atoms with Crippen LogP contribution in [0.15, 0.2) is 48.5 Å². The molecule has 0 spiro atoms. The fraction of sp³-hybridized carbons (Fsp3) is 0.517. The van der Waals surface area contributed by atoms with E-state index in [2.05, 4.69) is 26.1 Å². The quantitative estimate of drug-likeness (QED) is 0.452. The molecular weight excluding hydrogens is 522 g/mol. The van der Waals surface area contributed by atoms with Crippen LogP contribution >= 0.6 is 11.6 Å². The highest BCUT2D eigenvalue weighted by Crippen LogP contribution is 2.27. The van der Waals surface area contributed by atoms with E-state index in [9.17, 15) is 18.0 Å². The third-order valence-corrected chi connectivity index (χ3v) is 8.63. The highest BCUT2D eigenvalue weighted by atomic mass is 35.5. The van der Waals surface area contributed by atoms with E-state index in [-0.39, 0.29) is 23.9 Å². The molecule has 0 aromatic heterocycles. The van der Waals surface area contributed by atoms with E-state index in [4.69, 9.17) is 11.6 Å². The number of nitrogens with zero attached hydrogens (tertiary/aromatic N) is 2. The number of carbonyl (C=O) groups excluding carboxylic acids is 2. The molecule has 2 aromatic carbocycles. The molecule has 0 bridgehead atoms. The third kappa shape index (κ3) is 7.96. The number of carbonyl (C=O) groups is 2. The predicted molar refractivity (Wildman–Crippen MR) is 154 cm³/mol. The maximum atomic E-state index is 13.8. The van der Waals surface area contributed by atoms with E-state index in [1.807, 2.05) is 18.2 Å². The van der Waals surface area contributed by atoms with Crippen LogP contribution in [0.4, 0.5) is 5.69 Å². The van der Waals surface area contributed by atoms with Gasteiger partial charge in [0.25, 0.3) is 0 Å². The van der Waals surface area contributed by atoms with E-state index < -0.39 is 28.5 Å². The molecule has 1 unspecified atom stereocenters. The first kappa shape index (κ1) is 30.0. The van der Waals surface area contributed by atoms with Crippen LogP contribution in [0.25, 0.3) is 0 Å². The van der Waals surface area contributed by atoms with Gasteiger partial charge in [0.05, 0.1) is 11.9 Å². The average molecular weight is 562 g/mol. The molecule has 7 nitrogen and oxygen atoms in total. The van der Waals surface area contributed by atoms with Crippen LogP contribution in [0.5, 0.6) is 0 Å². The van der Waals surface area contributed by atoms with E-state index >= 15 is 0 Å². The highest BCUT2D eigenvalue weighted by molar-refractivity contribution is 7.92. The molecule has 2 amide bonds. The lowest BCUT2D eigenvalue weighted by Crippen LogP contribution is -2.53. The van der Waals surface area contributed by atoms with Crippen molar-refractivity contribution in [1.29, 1.82) is 0 Å². The van der Waals surface area contributed by atoms with Crippen molar-refractivity contribution in [3.05, 3.63) is 64.7 Å². The van der Waals surface area contributed by atoms with Crippen molar-refractivity contribution in [3.8, 4) is 0 Å². The number of benzene rings is 2. The summed E-state index contributed by atoms with van der Waals surface area (Å²) in [5.74, 6) is -0.737. The number of sulfonamides is 1. The van der Waals surface area contributed by atoms with Crippen molar-refractivity contribution in [2.45, 2.75) is 83.8 Å². The highest BCUT2D eigenvalue weighted by Gasteiger charge is 2.31. The van der Waals surface area contributed by atoms with Gasteiger partial charge in [0.1, 0.15) is 12.6 Å². The largest absolute Gasteiger partial charge is 0.352 e. The van der Waals surface area contributed by atoms with Gasteiger partial charge in [-0.2, -0.15) is 0 Å². The van der Waals surface area contributed by atoms with Crippen LogP contribution in [0, 0.1) is 0 Å². The Hall–Kier alpha value is -2.58. The van der Waals surface area contributed by atoms with Gasteiger partial charge >= 0.3 is 0 Å². The Morgan fingerprint density at radius 2 is 1.63 bits per heavy atom. The molecule has 1 aliphatic rings. The second-order valence-electron chi connectivity index (χ2n) is 11.2. The van der Waals surface area contributed by atoms with Crippen LogP contribution in [-0.4, -0.2) is 50.0 Å².